The summed E-state index contributed by atoms with van der Waals surface area (Å²) in [5, 5.41) is 12.2. The van der Waals surface area contributed by atoms with E-state index in [1.54, 1.807) is 6.92 Å². The fraction of sp³-hybridized carbons (Fsp3) is 0.250. The van der Waals surface area contributed by atoms with E-state index in [-0.39, 0.29) is 5.91 Å². The number of rotatable bonds is 6. The molecule has 0 aliphatic heterocycles. The van der Waals surface area contributed by atoms with Gasteiger partial charge < -0.3 is 4.74 Å². The number of amides is 1. The van der Waals surface area contributed by atoms with Crippen molar-refractivity contribution in [1.29, 1.82) is 0 Å². The van der Waals surface area contributed by atoms with Crippen molar-refractivity contribution in [2.45, 2.75) is 32.8 Å². The first-order valence-electron chi connectivity index (χ1n) is 8.50. The van der Waals surface area contributed by atoms with Gasteiger partial charge in [-0.15, -0.1) is 10.2 Å². The van der Waals surface area contributed by atoms with Crippen LogP contribution in [0.2, 0.25) is 0 Å². The molecule has 0 aliphatic carbocycles. The molecule has 1 atom stereocenters. The number of hydrogen-bond acceptors (Lipinski definition) is 5. The van der Waals surface area contributed by atoms with Crippen LogP contribution in [-0.4, -0.2) is 22.2 Å². The molecule has 2 aromatic carbocycles. The molecule has 0 radical (unpaired) electrons. The lowest BCUT2D eigenvalue weighted by Crippen LogP contribution is -2.30. The highest BCUT2D eigenvalue weighted by Gasteiger charge is 2.19. The van der Waals surface area contributed by atoms with Crippen LogP contribution in [-0.2, 0) is 4.79 Å². The van der Waals surface area contributed by atoms with Crippen LogP contribution in [0.4, 0.5) is 5.13 Å². The second-order valence-electron chi connectivity index (χ2n) is 6.22. The monoisotopic (exact) mass is 367 g/mol. The van der Waals surface area contributed by atoms with Crippen molar-refractivity contribution in [3.63, 3.8) is 0 Å². The topological polar surface area (TPSA) is 64.1 Å². The Balaban J connectivity index is 1.66. The van der Waals surface area contributed by atoms with E-state index in [4.69, 9.17) is 4.74 Å². The van der Waals surface area contributed by atoms with Crippen LogP contribution in [0.25, 0.3) is 10.6 Å². The van der Waals surface area contributed by atoms with Gasteiger partial charge in [0.1, 0.15) is 10.8 Å². The van der Waals surface area contributed by atoms with Gasteiger partial charge in [-0.2, -0.15) is 0 Å². The molecule has 0 saturated heterocycles. The molecule has 1 aromatic heterocycles. The standard InChI is InChI=1S/C20H21N3O2S/c1-13(2)16-11-7-8-12-17(16)25-14(3)18(24)21-20-23-22-19(26-20)15-9-5-4-6-10-15/h4-14H,1-3H3,(H,21,23,24). The van der Waals surface area contributed by atoms with Crippen molar-refractivity contribution in [3.05, 3.63) is 60.2 Å². The third-order valence-electron chi connectivity index (χ3n) is 3.89. The quantitative estimate of drug-likeness (QED) is 0.684. The average Bonchev–Trinajstić information content (AvgIpc) is 3.11. The maximum Gasteiger partial charge on any atom is 0.266 e. The third-order valence-corrected chi connectivity index (χ3v) is 4.78. The zero-order chi connectivity index (χ0) is 18.5. The number of carbonyl (C=O) groups is 1. The van der Waals surface area contributed by atoms with Crippen molar-refractivity contribution in [3.8, 4) is 16.3 Å². The van der Waals surface area contributed by atoms with Gasteiger partial charge in [-0.1, -0.05) is 73.7 Å². The second-order valence-corrected chi connectivity index (χ2v) is 7.20. The van der Waals surface area contributed by atoms with Crippen molar-refractivity contribution >= 4 is 22.4 Å². The zero-order valence-electron chi connectivity index (χ0n) is 15.0. The first-order chi connectivity index (χ1) is 12.5. The number of nitrogens with zero attached hydrogens (tertiary/aromatic N) is 2. The maximum absolute atomic E-state index is 12.4. The van der Waals surface area contributed by atoms with E-state index in [0.29, 0.717) is 11.0 Å². The summed E-state index contributed by atoms with van der Waals surface area (Å²) in [5.74, 6) is 0.796. The SMILES string of the molecule is CC(Oc1ccccc1C(C)C)C(=O)Nc1nnc(-c2ccccc2)s1. The van der Waals surface area contributed by atoms with Gasteiger partial charge in [-0.25, -0.2) is 0 Å². The number of hydrogen-bond donors (Lipinski definition) is 1. The van der Waals surface area contributed by atoms with E-state index in [0.717, 1.165) is 21.9 Å². The third kappa shape index (κ3) is 4.26. The van der Waals surface area contributed by atoms with Crippen LogP contribution < -0.4 is 10.1 Å². The smallest absolute Gasteiger partial charge is 0.266 e. The average molecular weight is 367 g/mol. The molecule has 0 saturated carbocycles. The maximum atomic E-state index is 12.4. The Kier molecular flexibility index (Phi) is 5.63. The minimum atomic E-state index is -0.640. The second kappa shape index (κ2) is 8.10. The Morgan fingerprint density at radius 3 is 2.42 bits per heavy atom. The lowest BCUT2D eigenvalue weighted by Gasteiger charge is -2.18. The Morgan fingerprint density at radius 1 is 1.00 bits per heavy atom. The highest BCUT2D eigenvalue weighted by molar-refractivity contribution is 7.18. The van der Waals surface area contributed by atoms with Gasteiger partial charge in [0.05, 0.1) is 0 Å². The number of benzene rings is 2. The van der Waals surface area contributed by atoms with Gasteiger partial charge in [0.25, 0.3) is 5.91 Å². The number of carbonyl (C=O) groups excluding carboxylic acids is 1. The minimum absolute atomic E-state index is 0.251. The summed E-state index contributed by atoms with van der Waals surface area (Å²) in [4.78, 5) is 12.4. The van der Waals surface area contributed by atoms with Crippen LogP contribution >= 0.6 is 11.3 Å². The number of anilines is 1. The molecule has 0 bridgehead atoms. The number of aromatic nitrogens is 2. The van der Waals surface area contributed by atoms with E-state index in [1.807, 2.05) is 54.6 Å². The van der Waals surface area contributed by atoms with Crippen molar-refractivity contribution in [2.24, 2.45) is 0 Å². The molecule has 1 heterocycles. The van der Waals surface area contributed by atoms with Gasteiger partial charge in [-0.3, -0.25) is 10.1 Å². The molecule has 1 unspecified atom stereocenters. The van der Waals surface area contributed by atoms with E-state index in [1.165, 1.54) is 11.3 Å². The Labute approximate surface area is 157 Å². The van der Waals surface area contributed by atoms with E-state index in [9.17, 15) is 4.79 Å². The fourth-order valence-corrected chi connectivity index (χ4v) is 3.24. The van der Waals surface area contributed by atoms with E-state index >= 15 is 0 Å². The zero-order valence-corrected chi connectivity index (χ0v) is 15.8. The molecule has 134 valence electrons. The molecule has 3 rings (SSSR count). The summed E-state index contributed by atoms with van der Waals surface area (Å²) in [6.45, 7) is 5.92. The minimum Gasteiger partial charge on any atom is -0.481 e. The summed E-state index contributed by atoms with van der Waals surface area (Å²) < 4.78 is 5.88. The number of para-hydroxylation sites is 1. The fourth-order valence-electron chi connectivity index (χ4n) is 2.49. The molecule has 1 amide bonds. The molecular weight excluding hydrogens is 346 g/mol. The highest BCUT2D eigenvalue weighted by Crippen LogP contribution is 2.28. The first-order valence-corrected chi connectivity index (χ1v) is 9.31. The number of ether oxygens (including phenoxy) is 1. The van der Waals surface area contributed by atoms with Gasteiger partial charge >= 0.3 is 0 Å². The Morgan fingerprint density at radius 2 is 1.69 bits per heavy atom. The van der Waals surface area contributed by atoms with Gasteiger partial charge in [0, 0.05) is 5.56 Å². The molecule has 5 nitrogen and oxygen atoms in total. The van der Waals surface area contributed by atoms with Crippen LogP contribution in [0, 0.1) is 0 Å². The molecule has 0 aliphatic rings. The van der Waals surface area contributed by atoms with Crippen LogP contribution in [0.5, 0.6) is 5.75 Å². The summed E-state index contributed by atoms with van der Waals surface area (Å²) in [5.41, 5.74) is 2.05. The summed E-state index contributed by atoms with van der Waals surface area (Å²) in [6, 6.07) is 17.5. The van der Waals surface area contributed by atoms with Gasteiger partial charge in [0.15, 0.2) is 6.10 Å². The Hall–Kier alpha value is -2.73. The van der Waals surface area contributed by atoms with E-state index in [2.05, 4.69) is 29.4 Å². The van der Waals surface area contributed by atoms with Crippen LogP contribution in [0.15, 0.2) is 54.6 Å². The normalized spacial score (nSPS) is 12.0. The van der Waals surface area contributed by atoms with Gasteiger partial charge in [0.2, 0.25) is 5.13 Å². The lowest BCUT2D eigenvalue weighted by atomic mass is 10.0. The number of nitrogens with one attached hydrogen (secondary N) is 1. The van der Waals surface area contributed by atoms with Crippen molar-refractivity contribution in [2.75, 3.05) is 5.32 Å². The van der Waals surface area contributed by atoms with Crippen molar-refractivity contribution in [1.82, 2.24) is 10.2 Å². The highest BCUT2D eigenvalue weighted by atomic mass is 32.1. The summed E-state index contributed by atoms with van der Waals surface area (Å²) in [6.07, 6.45) is -0.640. The summed E-state index contributed by atoms with van der Waals surface area (Å²) in [7, 11) is 0. The molecule has 0 fully saturated rings. The summed E-state index contributed by atoms with van der Waals surface area (Å²) >= 11 is 1.34. The molecule has 1 N–H and O–H groups in total. The predicted molar refractivity (Wildman–Crippen MR) is 105 cm³/mol. The van der Waals surface area contributed by atoms with Crippen LogP contribution in [0.1, 0.15) is 32.3 Å². The molecular formula is C20H21N3O2S. The van der Waals surface area contributed by atoms with E-state index < -0.39 is 6.10 Å². The molecule has 3 aromatic rings. The van der Waals surface area contributed by atoms with Crippen LogP contribution in [0.3, 0.4) is 0 Å². The predicted octanol–water partition coefficient (Wildman–Crippen LogP) is 4.73. The van der Waals surface area contributed by atoms with Crippen molar-refractivity contribution < 1.29 is 9.53 Å². The molecule has 0 spiro atoms. The largest absolute Gasteiger partial charge is 0.481 e. The van der Waals surface area contributed by atoms with Gasteiger partial charge in [-0.05, 0) is 24.5 Å². The first kappa shape index (κ1) is 18.1. The molecule has 26 heavy (non-hydrogen) atoms. The lowest BCUT2D eigenvalue weighted by molar-refractivity contribution is -0.122. The Bertz CT molecular complexity index is 878. The molecule has 6 heteroatoms.